The second-order valence-corrected chi connectivity index (χ2v) is 37.0. The van der Waals surface area contributed by atoms with Gasteiger partial charge in [-0.05, 0) is 246 Å². The normalized spacial score (nSPS) is 12.5. The molecule has 2 aliphatic rings. The van der Waals surface area contributed by atoms with Gasteiger partial charge in [-0.25, -0.2) is 0 Å². The van der Waals surface area contributed by atoms with Crippen molar-refractivity contribution in [2.45, 2.75) is 10.8 Å². The van der Waals surface area contributed by atoms with E-state index in [2.05, 4.69) is 556 Å². The van der Waals surface area contributed by atoms with E-state index in [-0.39, 0.29) is 0 Å². The van der Waals surface area contributed by atoms with Crippen LogP contribution in [-0.2, 0) is 10.8 Å². The molecule has 0 radical (unpaired) electrons. The lowest BCUT2D eigenvalue weighted by molar-refractivity contribution is 0.668. The quantitative estimate of drug-likeness (QED) is 0.0857. The summed E-state index contributed by atoms with van der Waals surface area (Å²) in [5.41, 5.74) is 43.0. The van der Waals surface area contributed by atoms with Gasteiger partial charge in [-0.1, -0.05) is 467 Å². The van der Waals surface area contributed by atoms with Crippen LogP contribution < -0.4 is 9.80 Å². The lowest BCUT2D eigenvalue weighted by Crippen LogP contribution is -2.28. The number of hydrogen-bond donors (Lipinski definition) is 0. The van der Waals surface area contributed by atoms with Crippen molar-refractivity contribution in [2.24, 2.45) is 0 Å². The van der Waals surface area contributed by atoms with Gasteiger partial charge in [0.15, 0.2) is 0 Å². The SMILES string of the molecule is c1ccc(-c2ccc(-c3ccc(N(c4cccc(-c5cccc6c5-c5ccccc5C6(c5ccccc5)c5ccccc5)c4)c4ccccc4-c4cccc5oc6ccccc6c45)cc3)cc2)cc1.c1ccc(C2(c3ccccc3)c3ccccc3-c3c(-c4ccc(N(c5ccc(-c6ccc(-c7ccc8ccccc8c7)cc6)cc5)c5ccccc5-c5cccc6oc7ccccc7c56)cc4)cccc32)cc1. The molecule has 0 atom stereocenters. The highest BCUT2D eigenvalue weighted by Crippen LogP contribution is 2.62. The summed E-state index contributed by atoms with van der Waals surface area (Å²) in [6.07, 6.45) is 0. The predicted octanol–water partition coefficient (Wildman–Crippen LogP) is 37.3. The first-order chi connectivity index (χ1) is 70.4. The monoisotopic (exact) mass is 1810 g/mol. The molecule has 0 bridgehead atoms. The third-order valence-corrected chi connectivity index (χ3v) is 29.4. The summed E-state index contributed by atoms with van der Waals surface area (Å²) >= 11 is 0. The zero-order chi connectivity index (χ0) is 94.0. The van der Waals surface area contributed by atoms with Crippen LogP contribution in [0.4, 0.5) is 34.1 Å². The number of anilines is 6. The van der Waals surface area contributed by atoms with Crippen LogP contribution in [0.3, 0.4) is 0 Å². The second-order valence-electron chi connectivity index (χ2n) is 37.0. The van der Waals surface area contributed by atoms with Crippen molar-refractivity contribution < 1.29 is 8.83 Å². The molecule has 0 saturated carbocycles. The molecule has 142 heavy (non-hydrogen) atoms. The molecule has 0 saturated heterocycles. The maximum Gasteiger partial charge on any atom is 0.136 e. The molecule has 25 aromatic rings. The Morgan fingerprint density at radius 3 is 0.894 bits per heavy atom. The molecule has 666 valence electrons. The second kappa shape index (κ2) is 35.6. The minimum absolute atomic E-state index is 0.473. The van der Waals surface area contributed by atoms with Gasteiger partial charge in [-0.3, -0.25) is 0 Å². The highest BCUT2D eigenvalue weighted by molar-refractivity contribution is 6.16. The van der Waals surface area contributed by atoms with Gasteiger partial charge < -0.3 is 18.6 Å². The van der Waals surface area contributed by atoms with Gasteiger partial charge in [0.25, 0.3) is 0 Å². The maximum atomic E-state index is 6.46. The summed E-state index contributed by atoms with van der Waals surface area (Å²) in [6, 6.07) is 203. The predicted molar refractivity (Wildman–Crippen MR) is 592 cm³/mol. The fourth-order valence-electron chi connectivity index (χ4n) is 23.0. The molecule has 2 aromatic heterocycles. The van der Waals surface area contributed by atoms with Crippen molar-refractivity contribution in [2.75, 3.05) is 9.80 Å². The van der Waals surface area contributed by atoms with E-state index in [0.29, 0.717) is 0 Å². The molecule has 2 aliphatic carbocycles. The lowest BCUT2D eigenvalue weighted by atomic mass is 9.67. The number of para-hydroxylation sites is 4. The Labute approximate surface area is 826 Å². The van der Waals surface area contributed by atoms with Crippen LogP contribution in [0.5, 0.6) is 0 Å². The van der Waals surface area contributed by atoms with Gasteiger partial charge in [-0.15, -0.1) is 0 Å². The number of furan rings is 2. The van der Waals surface area contributed by atoms with Gasteiger partial charge in [0.1, 0.15) is 22.3 Å². The fraction of sp³-hybridized carbons (Fsp3) is 0.0145. The summed E-state index contributed by atoms with van der Waals surface area (Å²) in [7, 11) is 0. The zero-order valence-corrected chi connectivity index (χ0v) is 77.8. The van der Waals surface area contributed by atoms with Gasteiger partial charge in [0, 0.05) is 55.4 Å². The number of rotatable bonds is 18. The molecule has 0 unspecified atom stereocenters. The van der Waals surface area contributed by atoms with Crippen LogP contribution in [0.1, 0.15) is 44.5 Å². The van der Waals surface area contributed by atoms with E-state index in [4.69, 9.17) is 8.83 Å². The molecule has 0 amide bonds. The number of fused-ring (bicyclic) bond motifs is 13. The van der Waals surface area contributed by atoms with E-state index in [0.717, 1.165) is 123 Å². The Kier molecular flexibility index (Phi) is 21.1. The van der Waals surface area contributed by atoms with E-state index in [1.807, 2.05) is 12.1 Å². The van der Waals surface area contributed by atoms with Gasteiger partial charge in [0.05, 0.1) is 22.2 Å². The molecular formula is C138H92N2O2. The highest BCUT2D eigenvalue weighted by atomic mass is 16.3. The Morgan fingerprint density at radius 1 is 0.155 bits per heavy atom. The van der Waals surface area contributed by atoms with E-state index >= 15 is 0 Å². The fourth-order valence-corrected chi connectivity index (χ4v) is 23.0. The first kappa shape index (κ1) is 84.1. The molecule has 0 fully saturated rings. The molecule has 2 heterocycles. The minimum atomic E-state index is -0.491. The Bertz CT molecular complexity index is 8960. The van der Waals surface area contributed by atoms with Crippen molar-refractivity contribution >= 4 is 88.8 Å². The third-order valence-electron chi connectivity index (χ3n) is 29.4. The highest BCUT2D eigenvalue weighted by Gasteiger charge is 2.49. The summed E-state index contributed by atoms with van der Waals surface area (Å²) in [5.74, 6) is 0. The molecule has 4 heteroatoms. The number of hydrogen-bond acceptors (Lipinski definition) is 4. The standard InChI is InChI=1S/C71H47NO.C67H45NO/c1-3-19-55(20-4-1)71(56-21-5-2-6-22-56)64-28-12-9-24-62(64)69-59(26-15-29-65(69)71)52-41-45-58(46-42-52)72(66-30-13-10-23-60(66)61-27-16-32-68-70(61)63-25-11-14-31-67(63)73-68)57-43-39-50(40-44-57)49-33-35-51(36-34-49)54-38-37-48-17-7-8-18-53(48)47-54;1-4-19-46(20-5-1)47-37-39-48(40-38-47)49-41-43-53(44-42-49)68(62-34-14-11-27-56(62)57-31-18-36-64-66(57)59-29-12-15-35-63(59)69-64)54-26-16-21-50(45-54)55-30-17-33-61-65(55)58-28-10-13-32-60(58)67(61,51-22-6-2-7-23-51)52-24-8-3-9-25-52/h1-47H;1-45H. The van der Waals surface area contributed by atoms with E-state index in [9.17, 15) is 0 Å². The van der Waals surface area contributed by atoms with Crippen molar-refractivity contribution in [1.82, 2.24) is 0 Å². The summed E-state index contributed by atoms with van der Waals surface area (Å²) in [4.78, 5) is 4.84. The van der Waals surface area contributed by atoms with Crippen LogP contribution in [0, 0.1) is 0 Å². The molecule has 0 aliphatic heterocycles. The van der Waals surface area contributed by atoms with Crippen LogP contribution in [-0.4, -0.2) is 0 Å². The molecule has 0 N–H and O–H groups in total. The molecule has 23 aromatic carbocycles. The summed E-state index contributed by atoms with van der Waals surface area (Å²) in [6.45, 7) is 0. The van der Waals surface area contributed by atoms with Crippen molar-refractivity contribution in [3.8, 4) is 111 Å². The lowest BCUT2D eigenvalue weighted by Gasteiger charge is -2.34. The zero-order valence-electron chi connectivity index (χ0n) is 77.8. The van der Waals surface area contributed by atoms with Crippen molar-refractivity contribution in [1.29, 1.82) is 0 Å². The van der Waals surface area contributed by atoms with E-state index in [1.165, 1.54) is 122 Å². The smallest absolute Gasteiger partial charge is 0.136 e. The summed E-state index contributed by atoms with van der Waals surface area (Å²) < 4.78 is 12.9. The average Bonchev–Trinajstić information content (AvgIpc) is 1.53. The largest absolute Gasteiger partial charge is 0.456 e. The molecular weight excluding hydrogens is 1720 g/mol. The third kappa shape index (κ3) is 14.3. The summed E-state index contributed by atoms with van der Waals surface area (Å²) in [5, 5.41) is 6.94. The Morgan fingerprint density at radius 2 is 0.444 bits per heavy atom. The van der Waals surface area contributed by atoms with Crippen LogP contribution in [0.2, 0.25) is 0 Å². The maximum absolute atomic E-state index is 6.46. The topological polar surface area (TPSA) is 32.8 Å². The molecule has 4 nitrogen and oxygen atoms in total. The van der Waals surface area contributed by atoms with Crippen LogP contribution in [0.25, 0.3) is 166 Å². The van der Waals surface area contributed by atoms with Gasteiger partial charge in [-0.2, -0.15) is 0 Å². The first-order valence-electron chi connectivity index (χ1n) is 48.9. The number of nitrogens with zero attached hydrogens (tertiary/aromatic N) is 2. The van der Waals surface area contributed by atoms with Crippen LogP contribution >= 0.6 is 0 Å². The van der Waals surface area contributed by atoms with Crippen molar-refractivity contribution in [3.05, 3.63) is 603 Å². The van der Waals surface area contributed by atoms with Gasteiger partial charge >= 0.3 is 0 Å². The van der Waals surface area contributed by atoms with Gasteiger partial charge in [0.2, 0.25) is 0 Å². The minimum Gasteiger partial charge on any atom is -0.456 e. The molecule has 0 spiro atoms. The Balaban J connectivity index is 0.000000146. The van der Waals surface area contributed by atoms with Crippen molar-refractivity contribution in [3.63, 3.8) is 0 Å². The number of benzene rings is 23. The van der Waals surface area contributed by atoms with Crippen LogP contribution in [0.15, 0.2) is 567 Å². The Hall–Kier alpha value is -18.5. The first-order valence-corrected chi connectivity index (χ1v) is 48.9. The molecule has 27 rings (SSSR count). The average molecular weight is 1810 g/mol. The van der Waals surface area contributed by atoms with E-state index in [1.54, 1.807) is 0 Å². The van der Waals surface area contributed by atoms with E-state index < -0.39 is 10.8 Å².